The molecule has 1 unspecified atom stereocenters. The standard InChI is InChI=1S/C10H19BN2O/c1-9-3-2-5-13(9)10-4-6-12(7-10)8-11-14/h9-10H,2-8H2,1H3/t9-,10?/m0/s1. The molecule has 0 aromatic rings. The molecule has 0 aromatic heterocycles. The Kier molecular flexibility index (Phi) is 3.34. The molecular formula is C10H19BN2O. The van der Waals surface area contributed by atoms with Crippen molar-refractivity contribution in [1.82, 2.24) is 9.80 Å². The van der Waals surface area contributed by atoms with E-state index in [4.69, 9.17) is 0 Å². The van der Waals surface area contributed by atoms with E-state index in [1.165, 1.54) is 25.8 Å². The molecule has 0 aromatic carbocycles. The molecule has 2 rings (SSSR count). The van der Waals surface area contributed by atoms with Crippen LogP contribution < -0.4 is 0 Å². The van der Waals surface area contributed by atoms with Gasteiger partial charge < -0.3 is 0 Å². The fraction of sp³-hybridized carbons (Fsp3) is 1.00. The molecule has 0 spiro atoms. The molecule has 2 atom stereocenters. The molecule has 2 heterocycles. The van der Waals surface area contributed by atoms with Gasteiger partial charge in [-0.25, -0.2) is 0 Å². The van der Waals surface area contributed by atoms with Crippen molar-refractivity contribution >= 4 is 7.15 Å². The van der Waals surface area contributed by atoms with E-state index in [9.17, 15) is 4.70 Å². The zero-order valence-electron chi connectivity index (χ0n) is 8.98. The third kappa shape index (κ3) is 2.06. The van der Waals surface area contributed by atoms with Crippen LogP contribution in [0.25, 0.3) is 0 Å². The Hall–Kier alpha value is -0.215. The first-order chi connectivity index (χ1) is 6.81. The van der Waals surface area contributed by atoms with Crippen LogP contribution in [0.4, 0.5) is 0 Å². The van der Waals surface area contributed by atoms with Gasteiger partial charge in [-0.3, -0.25) is 0 Å². The molecular weight excluding hydrogens is 175 g/mol. The van der Waals surface area contributed by atoms with E-state index in [2.05, 4.69) is 16.7 Å². The molecule has 0 N–H and O–H groups in total. The molecule has 0 radical (unpaired) electrons. The molecule has 4 heteroatoms. The summed E-state index contributed by atoms with van der Waals surface area (Å²) in [6, 6.07) is 1.48. The second-order valence-electron chi connectivity index (χ2n) is 4.60. The first-order valence-corrected chi connectivity index (χ1v) is 5.73. The average Bonchev–Trinajstić information content (AvgIpc) is 2.74. The molecule has 3 nitrogen and oxygen atoms in total. The molecule has 14 heavy (non-hydrogen) atoms. The Morgan fingerprint density at radius 1 is 1.36 bits per heavy atom. The van der Waals surface area contributed by atoms with Crippen LogP contribution in [0.1, 0.15) is 26.2 Å². The summed E-state index contributed by atoms with van der Waals surface area (Å²) < 4.78 is 10.4. The van der Waals surface area contributed by atoms with E-state index in [0.717, 1.165) is 26.3 Å². The van der Waals surface area contributed by atoms with Crippen molar-refractivity contribution in [3.8, 4) is 0 Å². The van der Waals surface area contributed by atoms with E-state index in [1.807, 2.05) is 0 Å². The Balaban J connectivity index is 1.85. The summed E-state index contributed by atoms with van der Waals surface area (Å²) in [6.07, 6.45) is 4.58. The topological polar surface area (TPSA) is 23.6 Å². The number of likely N-dealkylation sites (tertiary alicyclic amines) is 2. The second-order valence-corrected chi connectivity index (χ2v) is 4.60. The van der Waals surface area contributed by atoms with Gasteiger partial charge in [-0.2, -0.15) is 0 Å². The van der Waals surface area contributed by atoms with Gasteiger partial charge in [-0.15, -0.1) is 0 Å². The van der Waals surface area contributed by atoms with Gasteiger partial charge in [-0.05, 0) is 0 Å². The Morgan fingerprint density at radius 3 is 2.86 bits per heavy atom. The van der Waals surface area contributed by atoms with Crippen LogP contribution in [0, 0.1) is 0 Å². The first-order valence-electron chi connectivity index (χ1n) is 5.73. The van der Waals surface area contributed by atoms with Crippen LogP contribution in [0.3, 0.4) is 0 Å². The van der Waals surface area contributed by atoms with E-state index in [-0.39, 0.29) is 0 Å². The van der Waals surface area contributed by atoms with Gasteiger partial charge in [0.25, 0.3) is 0 Å². The van der Waals surface area contributed by atoms with E-state index < -0.39 is 0 Å². The van der Waals surface area contributed by atoms with Gasteiger partial charge in [-0.1, -0.05) is 0 Å². The third-order valence-corrected chi connectivity index (χ3v) is 3.65. The zero-order valence-corrected chi connectivity index (χ0v) is 8.98. The molecule has 2 fully saturated rings. The van der Waals surface area contributed by atoms with Crippen LogP contribution in [-0.2, 0) is 4.70 Å². The van der Waals surface area contributed by atoms with Gasteiger partial charge in [0.1, 0.15) is 0 Å². The van der Waals surface area contributed by atoms with Gasteiger partial charge >= 0.3 is 86.0 Å². The maximum atomic E-state index is 10.4. The van der Waals surface area contributed by atoms with Crippen molar-refractivity contribution in [2.45, 2.75) is 38.3 Å². The second kappa shape index (κ2) is 4.54. The number of hydrogen-bond donors (Lipinski definition) is 0. The van der Waals surface area contributed by atoms with Gasteiger partial charge in [0.15, 0.2) is 0 Å². The summed E-state index contributed by atoms with van der Waals surface area (Å²) in [7, 11) is 1.02. The predicted octanol–water partition coefficient (Wildman–Crippen LogP) is 0.552. The fourth-order valence-electron chi connectivity index (χ4n) is 2.85. The zero-order chi connectivity index (χ0) is 9.97. The summed E-state index contributed by atoms with van der Waals surface area (Å²) in [5.74, 6) is 0. The maximum absolute atomic E-state index is 10.4. The summed E-state index contributed by atoms with van der Waals surface area (Å²) in [5.41, 5.74) is 0. The normalized spacial score (nSPS) is 34.9. The molecule has 2 saturated heterocycles. The molecule has 2 aliphatic rings. The Bertz CT molecular complexity index is 212. The SMILES string of the molecule is C[C@H]1CCCN1C1CCN(CB=O)C1. The van der Waals surface area contributed by atoms with Crippen molar-refractivity contribution in [3.05, 3.63) is 0 Å². The molecule has 0 saturated carbocycles. The van der Waals surface area contributed by atoms with E-state index in [1.54, 1.807) is 0 Å². The number of nitrogens with zero attached hydrogens (tertiary/aromatic N) is 2. The Labute approximate surface area is 86.7 Å². The van der Waals surface area contributed by atoms with Crippen LogP contribution in [0.2, 0.25) is 0 Å². The van der Waals surface area contributed by atoms with E-state index >= 15 is 0 Å². The molecule has 0 aliphatic carbocycles. The van der Waals surface area contributed by atoms with Gasteiger partial charge in [0, 0.05) is 0 Å². The Morgan fingerprint density at radius 2 is 2.21 bits per heavy atom. The van der Waals surface area contributed by atoms with Crippen LogP contribution in [0.5, 0.6) is 0 Å². The van der Waals surface area contributed by atoms with Crippen molar-refractivity contribution in [1.29, 1.82) is 0 Å². The minimum absolute atomic E-state index is 0.624. The number of hydrogen-bond acceptors (Lipinski definition) is 3. The number of rotatable bonds is 3. The van der Waals surface area contributed by atoms with Crippen molar-refractivity contribution in [2.75, 3.05) is 26.1 Å². The third-order valence-electron chi connectivity index (χ3n) is 3.65. The van der Waals surface area contributed by atoms with Crippen LogP contribution >= 0.6 is 0 Å². The average molecular weight is 194 g/mol. The molecule has 78 valence electrons. The van der Waals surface area contributed by atoms with Crippen LogP contribution in [-0.4, -0.2) is 55.1 Å². The monoisotopic (exact) mass is 194 g/mol. The van der Waals surface area contributed by atoms with Gasteiger partial charge in [0.2, 0.25) is 0 Å². The molecule has 2 aliphatic heterocycles. The van der Waals surface area contributed by atoms with Crippen molar-refractivity contribution < 1.29 is 4.70 Å². The molecule has 0 bridgehead atoms. The van der Waals surface area contributed by atoms with Gasteiger partial charge in [0.05, 0.1) is 0 Å². The summed E-state index contributed by atoms with van der Waals surface area (Å²) >= 11 is 0. The summed E-state index contributed by atoms with van der Waals surface area (Å²) in [4.78, 5) is 4.90. The van der Waals surface area contributed by atoms with Crippen molar-refractivity contribution in [3.63, 3.8) is 0 Å². The first kappa shape index (κ1) is 10.3. The van der Waals surface area contributed by atoms with Crippen molar-refractivity contribution in [2.24, 2.45) is 0 Å². The quantitative estimate of drug-likeness (QED) is 0.613. The minimum atomic E-state index is 0.624. The summed E-state index contributed by atoms with van der Waals surface area (Å²) in [6.45, 7) is 5.80. The van der Waals surface area contributed by atoms with E-state index in [0.29, 0.717) is 12.5 Å². The molecule has 0 amide bonds. The predicted molar refractivity (Wildman–Crippen MR) is 56.7 cm³/mol. The summed E-state index contributed by atoms with van der Waals surface area (Å²) in [5, 5.41) is 0. The fourth-order valence-corrected chi connectivity index (χ4v) is 2.85. The van der Waals surface area contributed by atoms with Crippen LogP contribution in [0.15, 0.2) is 0 Å².